The number of carbonyl (C=O) groups is 1. The van der Waals surface area contributed by atoms with Crippen LogP contribution in [0.5, 0.6) is 11.5 Å². The van der Waals surface area contributed by atoms with Gasteiger partial charge >= 0.3 is 0 Å². The molecule has 0 atom stereocenters. The first-order valence-corrected chi connectivity index (χ1v) is 11.5. The Labute approximate surface area is 186 Å². The van der Waals surface area contributed by atoms with Crippen LogP contribution in [0.2, 0.25) is 0 Å². The number of amides is 1. The first-order valence-electron chi connectivity index (χ1n) is 10.6. The van der Waals surface area contributed by atoms with Gasteiger partial charge in [0.2, 0.25) is 11.7 Å². The van der Waals surface area contributed by atoms with Crippen molar-refractivity contribution in [3.63, 3.8) is 0 Å². The van der Waals surface area contributed by atoms with E-state index in [-0.39, 0.29) is 11.9 Å². The van der Waals surface area contributed by atoms with Gasteiger partial charge in [-0.05, 0) is 36.4 Å². The molecular formula is C23H27N3O4S. The van der Waals surface area contributed by atoms with Crippen molar-refractivity contribution in [3.05, 3.63) is 46.5 Å². The summed E-state index contributed by atoms with van der Waals surface area (Å²) in [6.07, 6.45) is 6.20. The third-order valence-corrected chi connectivity index (χ3v) is 6.51. The molecule has 0 spiro atoms. The van der Waals surface area contributed by atoms with E-state index in [2.05, 4.69) is 10.1 Å². The van der Waals surface area contributed by atoms with Gasteiger partial charge < -0.3 is 18.9 Å². The molecule has 0 unspecified atom stereocenters. The molecule has 7 nitrogen and oxygen atoms in total. The van der Waals surface area contributed by atoms with Crippen molar-refractivity contribution in [1.29, 1.82) is 0 Å². The second-order valence-electron chi connectivity index (χ2n) is 7.63. The summed E-state index contributed by atoms with van der Waals surface area (Å²) in [5.41, 5.74) is 0.755. The molecule has 0 aliphatic heterocycles. The van der Waals surface area contributed by atoms with Gasteiger partial charge in [0.05, 0.1) is 19.1 Å². The highest BCUT2D eigenvalue weighted by Crippen LogP contribution is 2.29. The molecule has 0 bridgehead atoms. The van der Waals surface area contributed by atoms with Crippen molar-refractivity contribution in [2.45, 2.75) is 44.6 Å². The van der Waals surface area contributed by atoms with Crippen LogP contribution in [0, 0.1) is 0 Å². The highest BCUT2D eigenvalue weighted by atomic mass is 32.1. The zero-order valence-corrected chi connectivity index (χ0v) is 18.7. The molecule has 0 saturated heterocycles. The predicted molar refractivity (Wildman–Crippen MR) is 119 cm³/mol. The van der Waals surface area contributed by atoms with Crippen LogP contribution in [0.15, 0.2) is 40.2 Å². The number of methoxy groups -OCH3 is 2. The van der Waals surface area contributed by atoms with Gasteiger partial charge in [-0.3, -0.25) is 4.79 Å². The van der Waals surface area contributed by atoms with Gasteiger partial charge in [-0.1, -0.05) is 30.5 Å². The van der Waals surface area contributed by atoms with Crippen LogP contribution >= 0.6 is 11.3 Å². The van der Waals surface area contributed by atoms with E-state index >= 15 is 0 Å². The maximum Gasteiger partial charge on any atom is 0.264 e. The second-order valence-corrected chi connectivity index (χ2v) is 8.58. The molecule has 2 heterocycles. The fourth-order valence-electron chi connectivity index (χ4n) is 4.01. The Morgan fingerprint density at radius 3 is 2.55 bits per heavy atom. The molecule has 3 aromatic rings. The molecule has 8 heteroatoms. The highest BCUT2D eigenvalue weighted by Gasteiger charge is 2.27. The lowest BCUT2D eigenvalue weighted by atomic mass is 9.94. The normalized spacial score (nSPS) is 14.4. The second kappa shape index (κ2) is 9.96. The van der Waals surface area contributed by atoms with Crippen molar-refractivity contribution >= 4 is 17.2 Å². The average molecular weight is 442 g/mol. The lowest BCUT2D eigenvalue weighted by Gasteiger charge is -2.34. The van der Waals surface area contributed by atoms with Crippen LogP contribution in [-0.2, 0) is 6.42 Å². The molecule has 164 valence electrons. The van der Waals surface area contributed by atoms with E-state index in [1.54, 1.807) is 20.3 Å². The van der Waals surface area contributed by atoms with Crippen LogP contribution < -0.4 is 9.47 Å². The molecule has 31 heavy (non-hydrogen) atoms. The minimum absolute atomic E-state index is 0.0965. The molecule has 1 aliphatic rings. The fraction of sp³-hybridized carbons (Fsp3) is 0.435. The largest absolute Gasteiger partial charge is 0.497 e. The molecule has 1 saturated carbocycles. The molecular weight excluding hydrogens is 414 g/mol. The smallest absolute Gasteiger partial charge is 0.264 e. The van der Waals surface area contributed by atoms with Crippen molar-refractivity contribution in [2.24, 2.45) is 0 Å². The Morgan fingerprint density at radius 2 is 1.90 bits per heavy atom. The summed E-state index contributed by atoms with van der Waals surface area (Å²) in [6.45, 7) is 0.560. The van der Waals surface area contributed by atoms with Gasteiger partial charge in [-0.2, -0.15) is 4.98 Å². The van der Waals surface area contributed by atoms with Crippen LogP contribution in [-0.4, -0.2) is 47.8 Å². The van der Waals surface area contributed by atoms with E-state index in [1.807, 2.05) is 34.5 Å². The van der Waals surface area contributed by atoms with Crippen LogP contribution in [0.3, 0.4) is 0 Å². The van der Waals surface area contributed by atoms with E-state index < -0.39 is 0 Å². The number of aromatic nitrogens is 2. The Kier molecular flexibility index (Phi) is 6.86. The van der Waals surface area contributed by atoms with E-state index in [0.29, 0.717) is 36.2 Å². The van der Waals surface area contributed by atoms with Crippen molar-refractivity contribution in [1.82, 2.24) is 15.0 Å². The highest BCUT2D eigenvalue weighted by molar-refractivity contribution is 7.12. The minimum atomic E-state index is 0.0965. The maximum atomic E-state index is 13.1. The van der Waals surface area contributed by atoms with E-state index in [0.717, 1.165) is 23.3 Å². The van der Waals surface area contributed by atoms with E-state index in [1.165, 1.54) is 30.6 Å². The van der Waals surface area contributed by atoms with Gasteiger partial charge in [-0.25, -0.2) is 0 Å². The van der Waals surface area contributed by atoms with Crippen molar-refractivity contribution in [2.75, 3.05) is 20.8 Å². The lowest BCUT2D eigenvalue weighted by Crippen LogP contribution is -2.42. The number of ether oxygens (including phenoxy) is 2. The molecule has 2 aromatic heterocycles. The van der Waals surface area contributed by atoms with E-state index in [4.69, 9.17) is 14.0 Å². The number of carbonyl (C=O) groups excluding carboxylic acids is 1. The first-order chi connectivity index (χ1) is 15.2. The SMILES string of the molecule is COc1cc(OC)cc(-c2noc(CCN(C(=O)c3cccs3)C3CCCCC3)n2)c1. The van der Waals surface area contributed by atoms with Crippen LogP contribution in [0.4, 0.5) is 0 Å². The average Bonchev–Trinajstić information content (AvgIpc) is 3.52. The quantitative estimate of drug-likeness (QED) is 0.498. The summed E-state index contributed by atoms with van der Waals surface area (Å²) in [7, 11) is 3.20. The third kappa shape index (κ3) is 5.07. The fourth-order valence-corrected chi connectivity index (χ4v) is 4.69. The number of hydrogen-bond donors (Lipinski definition) is 0. The maximum absolute atomic E-state index is 13.1. The molecule has 1 aliphatic carbocycles. The van der Waals surface area contributed by atoms with Gasteiger partial charge in [0, 0.05) is 30.6 Å². The summed E-state index contributed by atoms with van der Waals surface area (Å²) in [5, 5.41) is 6.07. The van der Waals surface area contributed by atoms with Gasteiger partial charge in [0.25, 0.3) is 5.91 Å². The minimum Gasteiger partial charge on any atom is -0.497 e. The summed E-state index contributed by atoms with van der Waals surface area (Å²) >= 11 is 1.49. The predicted octanol–water partition coefficient (Wildman–Crippen LogP) is 4.83. The number of hydrogen-bond acceptors (Lipinski definition) is 7. The molecule has 1 fully saturated rings. The van der Waals surface area contributed by atoms with Crippen LogP contribution in [0.1, 0.15) is 47.7 Å². The molecule has 0 N–H and O–H groups in total. The van der Waals surface area contributed by atoms with E-state index in [9.17, 15) is 4.79 Å². The summed E-state index contributed by atoms with van der Waals surface area (Å²) < 4.78 is 16.1. The number of thiophene rings is 1. The summed E-state index contributed by atoms with van der Waals surface area (Å²) in [5.74, 6) is 2.40. The molecule has 1 aromatic carbocycles. The first kappa shape index (κ1) is 21.4. The zero-order chi connectivity index (χ0) is 21.6. The number of benzene rings is 1. The Bertz CT molecular complexity index is 974. The van der Waals surface area contributed by atoms with Gasteiger partial charge in [0.15, 0.2) is 0 Å². The Balaban J connectivity index is 1.49. The van der Waals surface area contributed by atoms with Crippen molar-refractivity contribution in [3.8, 4) is 22.9 Å². The lowest BCUT2D eigenvalue weighted by molar-refractivity contribution is 0.0637. The monoisotopic (exact) mass is 441 g/mol. The topological polar surface area (TPSA) is 77.7 Å². The molecule has 1 amide bonds. The van der Waals surface area contributed by atoms with Gasteiger partial charge in [-0.15, -0.1) is 11.3 Å². The third-order valence-electron chi connectivity index (χ3n) is 5.65. The number of rotatable bonds is 8. The zero-order valence-electron chi connectivity index (χ0n) is 17.9. The Morgan fingerprint density at radius 1 is 1.16 bits per heavy atom. The number of nitrogens with zero attached hydrogens (tertiary/aromatic N) is 3. The Hall–Kier alpha value is -2.87. The van der Waals surface area contributed by atoms with Crippen LogP contribution in [0.25, 0.3) is 11.4 Å². The standard InChI is InChI=1S/C23H27N3O4S/c1-28-18-13-16(14-19(15-18)29-2)22-24-21(30-25-22)10-11-26(17-7-4-3-5-8-17)23(27)20-9-6-12-31-20/h6,9,12-15,17H,3-5,7-8,10-11H2,1-2H3. The van der Waals surface area contributed by atoms with Crippen molar-refractivity contribution < 1.29 is 18.8 Å². The molecule has 0 radical (unpaired) electrons. The summed E-state index contributed by atoms with van der Waals surface area (Å²) in [4.78, 5) is 20.5. The summed E-state index contributed by atoms with van der Waals surface area (Å²) in [6, 6.07) is 9.56. The molecule has 4 rings (SSSR count). The van der Waals surface area contributed by atoms with Gasteiger partial charge in [0.1, 0.15) is 11.5 Å².